The molecule has 3 nitrogen and oxygen atoms in total. The number of benzene rings is 2. The van der Waals surface area contributed by atoms with Gasteiger partial charge in [-0.05, 0) is 42.5 Å². The lowest BCUT2D eigenvalue weighted by atomic mass is 10.2. The quantitative estimate of drug-likeness (QED) is 0.918. The van der Waals surface area contributed by atoms with E-state index in [1.165, 1.54) is 11.8 Å². The number of aromatic carboxylic acids is 1. The summed E-state index contributed by atoms with van der Waals surface area (Å²) in [5.74, 6) is -0.227. The smallest absolute Gasteiger partial charge is 0.335 e. The zero-order valence-corrected chi connectivity index (χ0v) is 11.7. The maximum Gasteiger partial charge on any atom is 0.335 e. The van der Waals surface area contributed by atoms with Crippen LogP contribution >= 0.6 is 23.4 Å². The standard InChI is InChI=1S/C14H11ClO3S/c1-18-10-4-7-13(12(15)8-10)19-11-5-2-9(3-6-11)14(16)17/h2-8H,1H3,(H,16,17). The molecule has 0 aliphatic rings. The van der Waals surface area contributed by atoms with Crippen LogP contribution in [0, 0.1) is 0 Å². The van der Waals surface area contributed by atoms with Crippen LogP contribution in [0.4, 0.5) is 0 Å². The maximum absolute atomic E-state index is 10.8. The fourth-order valence-corrected chi connectivity index (χ4v) is 2.59. The van der Waals surface area contributed by atoms with Crippen molar-refractivity contribution in [1.82, 2.24) is 0 Å². The molecule has 2 aromatic rings. The van der Waals surface area contributed by atoms with Gasteiger partial charge in [-0.3, -0.25) is 0 Å². The first-order valence-corrected chi connectivity index (χ1v) is 6.64. The third-order valence-corrected chi connectivity index (χ3v) is 3.98. The van der Waals surface area contributed by atoms with E-state index in [9.17, 15) is 4.79 Å². The maximum atomic E-state index is 10.8. The summed E-state index contributed by atoms with van der Waals surface area (Å²) >= 11 is 7.62. The lowest BCUT2D eigenvalue weighted by molar-refractivity contribution is 0.0697. The van der Waals surface area contributed by atoms with E-state index in [4.69, 9.17) is 21.4 Å². The van der Waals surface area contributed by atoms with Crippen molar-refractivity contribution in [3.05, 3.63) is 53.1 Å². The van der Waals surface area contributed by atoms with Crippen LogP contribution in [0.2, 0.25) is 5.02 Å². The molecule has 0 unspecified atom stereocenters. The molecule has 19 heavy (non-hydrogen) atoms. The summed E-state index contributed by atoms with van der Waals surface area (Å²) in [6.07, 6.45) is 0. The highest BCUT2D eigenvalue weighted by Crippen LogP contribution is 2.35. The van der Waals surface area contributed by atoms with Crippen molar-refractivity contribution in [2.24, 2.45) is 0 Å². The largest absolute Gasteiger partial charge is 0.497 e. The van der Waals surface area contributed by atoms with E-state index in [2.05, 4.69) is 0 Å². The number of hydrogen-bond acceptors (Lipinski definition) is 3. The molecule has 0 saturated heterocycles. The molecular weight excluding hydrogens is 284 g/mol. The minimum atomic E-state index is -0.931. The Morgan fingerprint density at radius 3 is 2.42 bits per heavy atom. The second-order valence-corrected chi connectivity index (χ2v) is 5.25. The highest BCUT2D eigenvalue weighted by molar-refractivity contribution is 7.99. The van der Waals surface area contributed by atoms with Gasteiger partial charge in [-0.2, -0.15) is 0 Å². The Labute approximate surface area is 120 Å². The van der Waals surface area contributed by atoms with Gasteiger partial charge in [0, 0.05) is 9.79 Å². The number of carboxylic acids is 1. The summed E-state index contributed by atoms with van der Waals surface area (Å²) in [6.45, 7) is 0. The minimum absolute atomic E-state index is 0.269. The molecule has 0 aliphatic carbocycles. The van der Waals surface area contributed by atoms with Gasteiger partial charge in [0.1, 0.15) is 5.75 Å². The normalized spacial score (nSPS) is 10.2. The summed E-state index contributed by atoms with van der Waals surface area (Å²) in [7, 11) is 1.59. The summed E-state index contributed by atoms with van der Waals surface area (Å²) in [4.78, 5) is 12.6. The molecule has 98 valence electrons. The molecule has 0 heterocycles. The molecule has 0 radical (unpaired) electrons. The van der Waals surface area contributed by atoms with Crippen molar-refractivity contribution < 1.29 is 14.6 Å². The Morgan fingerprint density at radius 2 is 1.89 bits per heavy atom. The van der Waals surface area contributed by atoms with Crippen molar-refractivity contribution in [2.75, 3.05) is 7.11 Å². The summed E-state index contributed by atoms with van der Waals surface area (Å²) in [5.41, 5.74) is 0.269. The Bertz CT molecular complexity index is 596. The third-order valence-electron chi connectivity index (χ3n) is 2.47. The first-order chi connectivity index (χ1) is 9.10. The average Bonchev–Trinajstić information content (AvgIpc) is 2.41. The van der Waals surface area contributed by atoms with Crippen LogP contribution in [0.15, 0.2) is 52.3 Å². The van der Waals surface area contributed by atoms with Crippen LogP contribution in [0.25, 0.3) is 0 Å². The van der Waals surface area contributed by atoms with Crippen LogP contribution in [-0.2, 0) is 0 Å². The summed E-state index contributed by atoms with van der Waals surface area (Å²) in [5, 5.41) is 9.43. The molecule has 2 aromatic carbocycles. The van der Waals surface area contributed by atoms with Crippen LogP contribution in [0.1, 0.15) is 10.4 Å². The molecule has 0 aliphatic heterocycles. The number of rotatable bonds is 4. The predicted octanol–water partition coefficient (Wildman–Crippen LogP) is 4.20. The number of methoxy groups -OCH3 is 1. The minimum Gasteiger partial charge on any atom is -0.497 e. The SMILES string of the molecule is COc1ccc(Sc2ccc(C(=O)O)cc2)c(Cl)c1. The first-order valence-electron chi connectivity index (χ1n) is 5.45. The number of carboxylic acid groups (broad SMARTS) is 1. The van der Waals surface area contributed by atoms with Gasteiger partial charge in [0.2, 0.25) is 0 Å². The molecule has 0 spiro atoms. The van der Waals surface area contributed by atoms with Crippen molar-refractivity contribution >= 4 is 29.3 Å². The topological polar surface area (TPSA) is 46.5 Å². The molecule has 2 rings (SSSR count). The number of hydrogen-bond donors (Lipinski definition) is 1. The van der Waals surface area contributed by atoms with Gasteiger partial charge in [0.15, 0.2) is 0 Å². The molecule has 0 fully saturated rings. The van der Waals surface area contributed by atoms with E-state index in [1.807, 2.05) is 12.1 Å². The van der Waals surface area contributed by atoms with Gasteiger partial charge in [-0.25, -0.2) is 4.79 Å². The van der Waals surface area contributed by atoms with Crippen molar-refractivity contribution in [3.63, 3.8) is 0 Å². The van der Waals surface area contributed by atoms with Crippen molar-refractivity contribution in [1.29, 1.82) is 0 Å². The first kappa shape index (κ1) is 13.8. The molecule has 1 N–H and O–H groups in total. The van der Waals surface area contributed by atoms with Crippen LogP contribution in [0.5, 0.6) is 5.75 Å². The number of ether oxygens (including phenoxy) is 1. The van der Waals surface area contributed by atoms with E-state index in [0.717, 1.165) is 9.79 Å². The van der Waals surface area contributed by atoms with E-state index in [0.29, 0.717) is 10.8 Å². The fraction of sp³-hybridized carbons (Fsp3) is 0.0714. The molecule has 5 heteroatoms. The van der Waals surface area contributed by atoms with Crippen LogP contribution in [-0.4, -0.2) is 18.2 Å². The molecule has 0 saturated carbocycles. The lowest BCUT2D eigenvalue weighted by Crippen LogP contribution is -1.94. The van der Waals surface area contributed by atoms with Gasteiger partial charge in [0.25, 0.3) is 0 Å². The number of halogens is 1. The highest BCUT2D eigenvalue weighted by Gasteiger charge is 2.06. The Kier molecular flexibility index (Phi) is 4.35. The van der Waals surface area contributed by atoms with Crippen LogP contribution in [0.3, 0.4) is 0 Å². The molecule has 0 atom stereocenters. The molecule has 0 amide bonds. The van der Waals surface area contributed by atoms with Crippen molar-refractivity contribution in [2.45, 2.75) is 9.79 Å². The monoisotopic (exact) mass is 294 g/mol. The fourth-order valence-electron chi connectivity index (χ4n) is 1.48. The number of carbonyl (C=O) groups is 1. The van der Waals surface area contributed by atoms with Crippen molar-refractivity contribution in [3.8, 4) is 5.75 Å². The van der Waals surface area contributed by atoms with Crippen LogP contribution < -0.4 is 4.74 Å². The molecular formula is C14H11ClO3S. The average molecular weight is 295 g/mol. The van der Waals surface area contributed by atoms with Gasteiger partial charge < -0.3 is 9.84 Å². The zero-order valence-electron chi connectivity index (χ0n) is 10.1. The Morgan fingerprint density at radius 1 is 1.21 bits per heavy atom. The van der Waals surface area contributed by atoms with Gasteiger partial charge in [-0.15, -0.1) is 0 Å². The Hall–Kier alpha value is -1.65. The van der Waals surface area contributed by atoms with Gasteiger partial charge in [0.05, 0.1) is 17.7 Å². The van der Waals surface area contributed by atoms with E-state index >= 15 is 0 Å². The van der Waals surface area contributed by atoms with E-state index in [-0.39, 0.29) is 5.56 Å². The predicted molar refractivity (Wildman–Crippen MR) is 75.5 cm³/mol. The highest BCUT2D eigenvalue weighted by atomic mass is 35.5. The van der Waals surface area contributed by atoms with Gasteiger partial charge in [-0.1, -0.05) is 23.4 Å². The second kappa shape index (κ2) is 5.99. The molecule has 0 aromatic heterocycles. The zero-order chi connectivity index (χ0) is 13.8. The second-order valence-electron chi connectivity index (χ2n) is 3.73. The van der Waals surface area contributed by atoms with Gasteiger partial charge >= 0.3 is 5.97 Å². The summed E-state index contributed by atoms with van der Waals surface area (Å²) < 4.78 is 5.08. The molecule has 0 bridgehead atoms. The summed E-state index contributed by atoms with van der Waals surface area (Å²) in [6, 6.07) is 12.1. The lowest BCUT2D eigenvalue weighted by Gasteiger charge is -2.06. The van der Waals surface area contributed by atoms with E-state index < -0.39 is 5.97 Å². The van der Waals surface area contributed by atoms with E-state index in [1.54, 1.807) is 37.4 Å². The Balaban J connectivity index is 2.19. The third kappa shape index (κ3) is 3.43.